The maximum Gasteiger partial charge on any atom is 0.251 e. The van der Waals surface area contributed by atoms with Gasteiger partial charge in [0.25, 0.3) is 5.91 Å². The van der Waals surface area contributed by atoms with Crippen molar-refractivity contribution in [3.63, 3.8) is 0 Å². The molecule has 1 aliphatic heterocycles. The van der Waals surface area contributed by atoms with Gasteiger partial charge in [0.05, 0.1) is 13.7 Å². The van der Waals surface area contributed by atoms with E-state index in [0.717, 1.165) is 18.5 Å². The molecule has 3 rings (SSSR count). The van der Waals surface area contributed by atoms with Gasteiger partial charge in [-0.2, -0.15) is 0 Å². The largest absolute Gasteiger partial charge is 0.497 e. The van der Waals surface area contributed by atoms with Crippen molar-refractivity contribution in [3.8, 4) is 5.75 Å². The Balaban J connectivity index is 1.50. The van der Waals surface area contributed by atoms with Crippen LogP contribution in [-0.2, 0) is 16.1 Å². The number of benzene rings is 2. The summed E-state index contributed by atoms with van der Waals surface area (Å²) in [7, 11) is 1.55. The van der Waals surface area contributed by atoms with Crippen LogP contribution >= 0.6 is 0 Å². The molecule has 7 nitrogen and oxygen atoms in total. The van der Waals surface area contributed by atoms with Crippen molar-refractivity contribution in [1.29, 1.82) is 0 Å². The number of hydrogen-bond acceptors (Lipinski definition) is 4. The normalized spacial score (nSPS) is 13.3. The van der Waals surface area contributed by atoms with E-state index in [4.69, 9.17) is 4.74 Å². The fraction of sp³-hybridized carbons (Fsp3) is 0.286. The second-order valence-electron chi connectivity index (χ2n) is 6.58. The number of nitrogens with zero attached hydrogens (tertiary/aromatic N) is 1. The van der Waals surface area contributed by atoms with E-state index in [1.807, 2.05) is 23.1 Å². The molecule has 0 bridgehead atoms. The molecule has 0 saturated carbocycles. The van der Waals surface area contributed by atoms with Gasteiger partial charge in [-0.15, -0.1) is 0 Å². The molecule has 0 spiro atoms. The molecular formula is C21H23N3O4. The van der Waals surface area contributed by atoms with Crippen LogP contribution in [0.5, 0.6) is 5.75 Å². The summed E-state index contributed by atoms with van der Waals surface area (Å²) in [5.74, 6) is 0.163. The highest BCUT2D eigenvalue weighted by Gasteiger charge is 2.20. The van der Waals surface area contributed by atoms with Crippen LogP contribution in [-0.4, -0.2) is 42.8 Å². The van der Waals surface area contributed by atoms with Gasteiger partial charge in [-0.1, -0.05) is 12.1 Å². The van der Waals surface area contributed by atoms with Crippen LogP contribution in [0.4, 0.5) is 5.69 Å². The lowest BCUT2D eigenvalue weighted by Crippen LogP contribution is -2.32. The number of nitrogens with one attached hydrogen (secondary N) is 2. The van der Waals surface area contributed by atoms with Crippen LogP contribution in [0.3, 0.4) is 0 Å². The van der Waals surface area contributed by atoms with E-state index in [-0.39, 0.29) is 24.3 Å². The average Bonchev–Trinajstić information content (AvgIpc) is 3.11. The zero-order valence-electron chi connectivity index (χ0n) is 15.7. The molecule has 0 aliphatic carbocycles. The van der Waals surface area contributed by atoms with Crippen molar-refractivity contribution in [2.45, 2.75) is 19.4 Å². The van der Waals surface area contributed by atoms with Crippen LogP contribution in [0.25, 0.3) is 0 Å². The summed E-state index contributed by atoms with van der Waals surface area (Å²) >= 11 is 0. The van der Waals surface area contributed by atoms with Crippen molar-refractivity contribution in [2.24, 2.45) is 0 Å². The molecule has 0 unspecified atom stereocenters. The second-order valence-corrected chi connectivity index (χ2v) is 6.58. The first kappa shape index (κ1) is 19.4. The van der Waals surface area contributed by atoms with E-state index in [2.05, 4.69) is 10.6 Å². The number of carbonyl (C=O) groups is 3. The van der Waals surface area contributed by atoms with Gasteiger partial charge < -0.3 is 20.3 Å². The molecule has 2 aromatic rings. The maximum atomic E-state index is 12.1. The first-order chi connectivity index (χ1) is 13.5. The summed E-state index contributed by atoms with van der Waals surface area (Å²) in [6.07, 6.45) is 1.49. The number of carbonyl (C=O) groups excluding carboxylic acids is 3. The van der Waals surface area contributed by atoms with E-state index in [1.165, 1.54) is 0 Å². The van der Waals surface area contributed by atoms with E-state index < -0.39 is 0 Å². The maximum absolute atomic E-state index is 12.1. The molecule has 2 aromatic carbocycles. The summed E-state index contributed by atoms with van der Waals surface area (Å²) in [5.41, 5.74) is 2.04. The SMILES string of the molecule is COc1ccc(C(=O)NCC(=O)Nc2cccc(CN3CCCC3=O)c2)cc1. The zero-order valence-corrected chi connectivity index (χ0v) is 15.7. The Morgan fingerprint density at radius 1 is 1.14 bits per heavy atom. The first-order valence-corrected chi connectivity index (χ1v) is 9.14. The molecule has 1 saturated heterocycles. The Bertz CT molecular complexity index is 864. The molecular weight excluding hydrogens is 358 g/mol. The fourth-order valence-corrected chi connectivity index (χ4v) is 3.05. The molecule has 0 aromatic heterocycles. The second kappa shape index (κ2) is 9.03. The van der Waals surface area contributed by atoms with Crippen LogP contribution in [0.1, 0.15) is 28.8 Å². The van der Waals surface area contributed by atoms with Crippen LogP contribution in [0, 0.1) is 0 Å². The predicted molar refractivity (Wildman–Crippen MR) is 105 cm³/mol. The monoisotopic (exact) mass is 381 g/mol. The van der Waals surface area contributed by atoms with Crippen molar-refractivity contribution >= 4 is 23.4 Å². The quantitative estimate of drug-likeness (QED) is 0.770. The third kappa shape index (κ3) is 5.09. The summed E-state index contributed by atoms with van der Waals surface area (Å²) in [6, 6.07) is 14.0. The predicted octanol–water partition coefficient (Wildman–Crippen LogP) is 2.19. The number of hydrogen-bond donors (Lipinski definition) is 2. The number of rotatable bonds is 7. The van der Waals surface area contributed by atoms with Crippen molar-refractivity contribution < 1.29 is 19.1 Å². The topological polar surface area (TPSA) is 87.7 Å². The third-order valence-electron chi connectivity index (χ3n) is 4.52. The summed E-state index contributed by atoms with van der Waals surface area (Å²) in [4.78, 5) is 37.8. The number of amides is 3. The molecule has 0 atom stereocenters. The number of ether oxygens (including phenoxy) is 1. The summed E-state index contributed by atoms with van der Waals surface area (Å²) in [5, 5.41) is 5.36. The summed E-state index contributed by atoms with van der Waals surface area (Å²) < 4.78 is 5.05. The van der Waals surface area contributed by atoms with Crippen molar-refractivity contribution in [1.82, 2.24) is 10.2 Å². The van der Waals surface area contributed by atoms with Gasteiger partial charge in [0.2, 0.25) is 11.8 Å². The molecule has 1 heterocycles. The standard InChI is InChI=1S/C21H23N3O4/c1-28-18-9-7-16(8-10-18)21(27)22-13-19(25)23-17-5-2-4-15(12-17)14-24-11-3-6-20(24)26/h2,4-5,7-10,12H,3,6,11,13-14H2,1H3,(H,22,27)(H,23,25). The van der Waals surface area contributed by atoms with Gasteiger partial charge >= 0.3 is 0 Å². The smallest absolute Gasteiger partial charge is 0.251 e. The molecule has 0 radical (unpaired) electrons. The highest BCUT2D eigenvalue weighted by atomic mass is 16.5. The van der Waals surface area contributed by atoms with Gasteiger partial charge in [-0.25, -0.2) is 0 Å². The molecule has 28 heavy (non-hydrogen) atoms. The lowest BCUT2D eigenvalue weighted by molar-refractivity contribution is -0.128. The Hall–Kier alpha value is -3.35. The molecule has 1 fully saturated rings. The van der Waals surface area contributed by atoms with Crippen LogP contribution in [0.2, 0.25) is 0 Å². The van der Waals surface area contributed by atoms with E-state index in [0.29, 0.717) is 30.0 Å². The van der Waals surface area contributed by atoms with Gasteiger partial charge in [0, 0.05) is 30.8 Å². The van der Waals surface area contributed by atoms with E-state index in [9.17, 15) is 14.4 Å². The van der Waals surface area contributed by atoms with Crippen LogP contribution < -0.4 is 15.4 Å². The minimum atomic E-state index is -0.334. The number of anilines is 1. The van der Waals surface area contributed by atoms with Gasteiger partial charge in [-0.3, -0.25) is 14.4 Å². The average molecular weight is 381 g/mol. The number of likely N-dealkylation sites (tertiary alicyclic amines) is 1. The van der Waals surface area contributed by atoms with Crippen LogP contribution in [0.15, 0.2) is 48.5 Å². The Labute approximate surface area is 163 Å². The third-order valence-corrected chi connectivity index (χ3v) is 4.52. The zero-order chi connectivity index (χ0) is 19.9. The minimum Gasteiger partial charge on any atom is -0.497 e. The van der Waals surface area contributed by atoms with E-state index in [1.54, 1.807) is 37.4 Å². The van der Waals surface area contributed by atoms with Gasteiger partial charge in [0.1, 0.15) is 5.75 Å². The lowest BCUT2D eigenvalue weighted by atomic mass is 10.2. The highest BCUT2D eigenvalue weighted by Crippen LogP contribution is 2.17. The van der Waals surface area contributed by atoms with Crippen molar-refractivity contribution in [2.75, 3.05) is 25.5 Å². The Morgan fingerprint density at radius 2 is 1.93 bits per heavy atom. The van der Waals surface area contributed by atoms with Gasteiger partial charge in [0.15, 0.2) is 0 Å². The first-order valence-electron chi connectivity index (χ1n) is 9.14. The van der Waals surface area contributed by atoms with Gasteiger partial charge in [-0.05, 0) is 48.4 Å². The highest BCUT2D eigenvalue weighted by molar-refractivity contribution is 5.99. The number of methoxy groups -OCH3 is 1. The fourth-order valence-electron chi connectivity index (χ4n) is 3.05. The minimum absolute atomic E-state index is 0.139. The lowest BCUT2D eigenvalue weighted by Gasteiger charge is -2.16. The molecule has 146 valence electrons. The molecule has 7 heteroatoms. The Kier molecular flexibility index (Phi) is 6.26. The Morgan fingerprint density at radius 3 is 2.61 bits per heavy atom. The molecule has 3 amide bonds. The molecule has 1 aliphatic rings. The van der Waals surface area contributed by atoms with E-state index >= 15 is 0 Å². The van der Waals surface area contributed by atoms with Crippen molar-refractivity contribution in [3.05, 3.63) is 59.7 Å². The molecule has 2 N–H and O–H groups in total. The summed E-state index contributed by atoms with van der Waals surface area (Å²) in [6.45, 7) is 1.17.